The molecule has 0 spiro atoms. The van der Waals surface area contributed by atoms with Gasteiger partial charge in [0, 0.05) is 22.4 Å². The van der Waals surface area contributed by atoms with Crippen molar-refractivity contribution in [1.82, 2.24) is 0 Å². The molecule has 0 amide bonds. The lowest BCUT2D eigenvalue weighted by molar-refractivity contribution is -0.137. The van der Waals surface area contributed by atoms with Gasteiger partial charge in [0.05, 0.1) is 18.2 Å². The monoisotopic (exact) mass is 495 g/mol. The summed E-state index contributed by atoms with van der Waals surface area (Å²) in [5, 5.41) is 3.53. The zero-order valence-electron chi connectivity index (χ0n) is 21.5. The number of rotatable bonds is 6. The third-order valence-electron chi connectivity index (χ3n) is 6.47. The molecule has 0 saturated heterocycles. The molecule has 36 heavy (non-hydrogen) atoms. The predicted molar refractivity (Wildman–Crippen MR) is 140 cm³/mol. The fourth-order valence-corrected chi connectivity index (χ4v) is 4.93. The molecule has 0 saturated carbocycles. The summed E-state index contributed by atoms with van der Waals surface area (Å²) >= 11 is 0. The van der Waals surface area contributed by atoms with Crippen LogP contribution < -0.4 is 14.8 Å². The lowest BCUT2D eigenvalue weighted by Gasteiger charge is -2.33. The van der Waals surface area contributed by atoms with Gasteiger partial charge in [-0.2, -0.15) is 13.2 Å². The van der Waals surface area contributed by atoms with Gasteiger partial charge in [0.1, 0.15) is 18.1 Å². The summed E-state index contributed by atoms with van der Waals surface area (Å²) < 4.78 is 52.8. The molecule has 0 radical (unpaired) electrons. The summed E-state index contributed by atoms with van der Waals surface area (Å²) in [6, 6.07) is 15.2. The average molecular weight is 496 g/mol. The first kappa shape index (κ1) is 25.7. The van der Waals surface area contributed by atoms with Crippen molar-refractivity contribution in [2.24, 2.45) is 0 Å². The van der Waals surface area contributed by atoms with E-state index in [4.69, 9.17) is 9.47 Å². The number of alkyl halides is 3. The maximum absolute atomic E-state index is 13.6. The van der Waals surface area contributed by atoms with Crippen molar-refractivity contribution in [3.8, 4) is 22.6 Å². The van der Waals surface area contributed by atoms with Crippen LogP contribution in [0, 0.1) is 0 Å². The molecular formula is C30H32F3NO2. The molecule has 1 aliphatic rings. The number of allylic oxidation sites excluding steroid dienone is 1. The quantitative estimate of drug-likeness (QED) is 0.371. The molecule has 0 fully saturated rings. The van der Waals surface area contributed by atoms with Crippen LogP contribution in [0.25, 0.3) is 16.7 Å². The second-order valence-electron chi connectivity index (χ2n) is 10.1. The van der Waals surface area contributed by atoms with Gasteiger partial charge in [0.25, 0.3) is 0 Å². The first-order valence-electron chi connectivity index (χ1n) is 12.0. The molecule has 1 aliphatic heterocycles. The molecule has 3 aromatic carbocycles. The average Bonchev–Trinajstić information content (AvgIpc) is 2.80. The maximum atomic E-state index is 13.6. The van der Waals surface area contributed by atoms with E-state index in [1.807, 2.05) is 43.3 Å². The van der Waals surface area contributed by atoms with Gasteiger partial charge in [0.15, 0.2) is 0 Å². The van der Waals surface area contributed by atoms with Crippen LogP contribution in [0.2, 0.25) is 0 Å². The molecule has 0 bridgehead atoms. The number of nitrogens with one attached hydrogen (secondary N) is 1. The van der Waals surface area contributed by atoms with Gasteiger partial charge < -0.3 is 14.8 Å². The Morgan fingerprint density at radius 3 is 2.33 bits per heavy atom. The maximum Gasteiger partial charge on any atom is 0.416 e. The van der Waals surface area contributed by atoms with Crippen LogP contribution in [0.3, 0.4) is 0 Å². The summed E-state index contributed by atoms with van der Waals surface area (Å²) in [5.74, 6) is 1.40. The van der Waals surface area contributed by atoms with E-state index in [1.165, 1.54) is 13.2 Å². The van der Waals surface area contributed by atoms with E-state index in [0.717, 1.165) is 45.8 Å². The molecule has 3 nitrogen and oxygen atoms in total. The zero-order chi connectivity index (χ0) is 26.3. The minimum absolute atomic E-state index is 0.189. The number of hydrogen-bond acceptors (Lipinski definition) is 3. The van der Waals surface area contributed by atoms with Crippen LogP contribution in [-0.4, -0.2) is 12.6 Å². The zero-order valence-corrected chi connectivity index (χ0v) is 21.5. The highest BCUT2D eigenvalue weighted by molar-refractivity contribution is 5.88. The lowest BCUT2D eigenvalue weighted by Crippen LogP contribution is -2.32. The molecule has 1 heterocycles. The second-order valence-corrected chi connectivity index (χ2v) is 10.1. The van der Waals surface area contributed by atoms with Crippen LogP contribution in [-0.2, 0) is 12.8 Å². The van der Waals surface area contributed by atoms with Gasteiger partial charge in [-0.3, -0.25) is 0 Å². The van der Waals surface area contributed by atoms with E-state index >= 15 is 0 Å². The Balaban J connectivity index is 1.91. The number of hydrogen-bond donors (Lipinski definition) is 1. The van der Waals surface area contributed by atoms with Crippen LogP contribution in [0.15, 0.2) is 60.7 Å². The van der Waals surface area contributed by atoms with Crippen LogP contribution in [0.4, 0.5) is 18.9 Å². The Labute approximate surface area is 211 Å². The Morgan fingerprint density at radius 1 is 0.944 bits per heavy atom. The molecule has 0 aromatic heterocycles. The van der Waals surface area contributed by atoms with E-state index in [1.54, 1.807) is 0 Å². The van der Waals surface area contributed by atoms with Gasteiger partial charge in [-0.1, -0.05) is 44.2 Å². The Bertz CT molecular complexity index is 1310. The minimum Gasteiger partial charge on any atom is -0.496 e. The Hall–Kier alpha value is -3.41. The molecule has 0 unspecified atom stereocenters. The van der Waals surface area contributed by atoms with Gasteiger partial charge >= 0.3 is 6.18 Å². The van der Waals surface area contributed by atoms with E-state index in [-0.39, 0.29) is 18.1 Å². The summed E-state index contributed by atoms with van der Waals surface area (Å²) in [7, 11) is 1.47. The summed E-state index contributed by atoms with van der Waals surface area (Å²) in [5.41, 5.74) is 4.83. The second kappa shape index (κ2) is 9.57. The number of anilines is 1. The summed E-state index contributed by atoms with van der Waals surface area (Å²) in [6.45, 7) is 10.6. The van der Waals surface area contributed by atoms with E-state index in [0.29, 0.717) is 16.9 Å². The van der Waals surface area contributed by atoms with Crippen molar-refractivity contribution >= 4 is 11.3 Å². The number of para-hydroxylation sites is 1. The molecule has 6 heteroatoms. The fourth-order valence-electron chi connectivity index (χ4n) is 4.93. The van der Waals surface area contributed by atoms with Crippen molar-refractivity contribution in [1.29, 1.82) is 0 Å². The third kappa shape index (κ3) is 5.08. The van der Waals surface area contributed by atoms with Gasteiger partial charge in [-0.05, 0) is 73.7 Å². The molecule has 3 aromatic rings. The van der Waals surface area contributed by atoms with Crippen molar-refractivity contribution in [2.75, 3.05) is 12.4 Å². The van der Waals surface area contributed by atoms with Crippen LogP contribution >= 0.6 is 0 Å². The largest absolute Gasteiger partial charge is 0.496 e. The number of benzene rings is 3. The summed E-state index contributed by atoms with van der Waals surface area (Å²) in [6.07, 6.45) is -2.34. The fraction of sp³-hybridized carbons (Fsp3) is 0.333. The Morgan fingerprint density at radius 2 is 1.67 bits per heavy atom. The molecule has 0 atom stereocenters. The van der Waals surface area contributed by atoms with Crippen LogP contribution in [0.5, 0.6) is 11.5 Å². The third-order valence-corrected chi connectivity index (χ3v) is 6.47. The van der Waals surface area contributed by atoms with Crippen molar-refractivity contribution in [2.45, 2.75) is 58.9 Å². The van der Waals surface area contributed by atoms with E-state index in [2.05, 4.69) is 39.1 Å². The number of ether oxygens (including phenoxy) is 2. The van der Waals surface area contributed by atoms with Crippen molar-refractivity contribution in [3.05, 3.63) is 82.9 Å². The molecule has 190 valence electrons. The molecule has 1 N–H and O–H groups in total. The highest BCUT2D eigenvalue weighted by atomic mass is 19.4. The van der Waals surface area contributed by atoms with Gasteiger partial charge in [0.2, 0.25) is 0 Å². The topological polar surface area (TPSA) is 30.5 Å². The normalized spacial score (nSPS) is 14.7. The highest BCUT2D eigenvalue weighted by Crippen LogP contribution is 2.44. The minimum atomic E-state index is -4.47. The number of fused-ring (bicyclic) bond motifs is 1. The lowest BCUT2D eigenvalue weighted by atomic mass is 9.85. The van der Waals surface area contributed by atoms with E-state index < -0.39 is 11.7 Å². The predicted octanol–water partition coefficient (Wildman–Crippen LogP) is 8.69. The number of methoxy groups -OCH3 is 1. The first-order valence-corrected chi connectivity index (χ1v) is 12.0. The van der Waals surface area contributed by atoms with Gasteiger partial charge in [-0.25, -0.2) is 0 Å². The molecule has 4 rings (SSSR count). The van der Waals surface area contributed by atoms with Crippen LogP contribution in [0.1, 0.15) is 62.8 Å². The first-order chi connectivity index (χ1) is 16.9. The SMILES string of the molecule is COc1ccc(C(F)(F)F)cc1-c1ccc2c(c1COc1ccccc1C(C)C)C(C)=CC(C)(C)N2. The van der Waals surface area contributed by atoms with Gasteiger partial charge in [-0.15, -0.1) is 0 Å². The summed E-state index contributed by atoms with van der Waals surface area (Å²) in [4.78, 5) is 0. The Kier molecular flexibility index (Phi) is 6.82. The smallest absolute Gasteiger partial charge is 0.416 e. The molecular weight excluding hydrogens is 463 g/mol. The van der Waals surface area contributed by atoms with Crippen molar-refractivity contribution in [3.63, 3.8) is 0 Å². The van der Waals surface area contributed by atoms with E-state index in [9.17, 15) is 13.2 Å². The number of halogens is 3. The standard InChI is InChI=1S/C30H32F3NO2/c1-18(2)21-9-7-8-10-27(21)36-17-24-22(12-13-25-28(24)19(3)16-29(4,5)34-25)23-15-20(30(31,32)33)11-14-26(23)35-6/h7-16,18,34H,17H2,1-6H3. The highest BCUT2D eigenvalue weighted by Gasteiger charge is 2.32. The van der Waals surface area contributed by atoms with Crippen molar-refractivity contribution < 1.29 is 22.6 Å². The molecule has 0 aliphatic carbocycles.